The normalized spacial score (nSPS) is 13.9. The van der Waals surface area contributed by atoms with Crippen LogP contribution in [0.15, 0.2) is 133 Å². The van der Waals surface area contributed by atoms with E-state index in [1.165, 1.54) is 23.9 Å². The van der Waals surface area contributed by atoms with Crippen molar-refractivity contribution >= 4 is 45.2 Å². The maximum absolute atomic E-state index is 12.8. The van der Waals surface area contributed by atoms with E-state index in [2.05, 4.69) is 72.8 Å². The van der Waals surface area contributed by atoms with Crippen LogP contribution in [0.5, 0.6) is 0 Å². The zero-order valence-electron chi connectivity index (χ0n) is 27.2. The molecule has 0 N–H and O–H groups in total. The molecule has 0 aromatic heterocycles. The van der Waals surface area contributed by atoms with E-state index in [9.17, 15) is 19.2 Å². The molecule has 0 aliphatic carbocycles. The number of carbonyl (C=O) groups excluding carboxylic acids is 4. The first-order valence-corrected chi connectivity index (χ1v) is 16.4. The van der Waals surface area contributed by atoms with Gasteiger partial charge in [0.05, 0.1) is 0 Å². The van der Waals surface area contributed by atoms with Gasteiger partial charge in [0.1, 0.15) is 0 Å². The summed E-state index contributed by atoms with van der Waals surface area (Å²) in [6.07, 6.45) is 0. The van der Waals surface area contributed by atoms with Crippen molar-refractivity contribution in [1.29, 1.82) is 0 Å². The lowest BCUT2D eigenvalue weighted by Crippen LogP contribution is -2.36. The fourth-order valence-electron chi connectivity index (χ4n) is 7.48. The molecule has 238 valence electrons. The van der Waals surface area contributed by atoms with Crippen LogP contribution in [-0.4, -0.2) is 47.5 Å². The zero-order chi connectivity index (χ0) is 34.3. The predicted octanol–water partition coefficient (Wildman–Crippen LogP) is 9.11. The minimum absolute atomic E-state index is 0.279. The number of amides is 4. The average molecular weight is 649 g/mol. The van der Waals surface area contributed by atoms with Gasteiger partial charge in [-0.3, -0.25) is 29.0 Å². The standard InChI is InChI=1S/C44H28N2O4/c1-45-41(47)35-7-3-5-33-31(21-23-37(39(33)35)43(45)49)29-17-13-27(14-18-29)25-9-11-26(12-10-25)28-15-19-30(20-16-28)32-22-24-38-40-34(32)6-4-8-36(40)42(48)46(2)44(38)50/h3-24H,1-2H3. The number of hydrogen-bond donors (Lipinski definition) is 0. The second-order valence-corrected chi connectivity index (χ2v) is 12.8. The molecule has 7 aromatic rings. The first-order valence-electron chi connectivity index (χ1n) is 16.4. The summed E-state index contributed by atoms with van der Waals surface area (Å²) in [5.74, 6) is -1.12. The number of benzene rings is 7. The summed E-state index contributed by atoms with van der Waals surface area (Å²) in [4.78, 5) is 53.7. The highest BCUT2D eigenvalue weighted by molar-refractivity contribution is 6.28. The summed E-state index contributed by atoms with van der Waals surface area (Å²) in [5, 5.41) is 3.21. The van der Waals surface area contributed by atoms with Crippen molar-refractivity contribution < 1.29 is 19.2 Å². The van der Waals surface area contributed by atoms with Crippen LogP contribution in [0.3, 0.4) is 0 Å². The highest BCUT2D eigenvalue weighted by Gasteiger charge is 2.32. The van der Waals surface area contributed by atoms with Crippen molar-refractivity contribution in [3.63, 3.8) is 0 Å². The van der Waals surface area contributed by atoms with E-state index in [-0.39, 0.29) is 23.6 Å². The number of rotatable bonds is 4. The number of nitrogens with zero attached hydrogens (tertiary/aromatic N) is 2. The number of imide groups is 2. The zero-order valence-corrected chi connectivity index (χ0v) is 27.2. The van der Waals surface area contributed by atoms with E-state index in [1.54, 1.807) is 12.1 Å². The van der Waals surface area contributed by atoms with Gasteiger partial charge in [0.2, 0.25) is 0 Å². The summed E-state index contributed by atoms with van der Waals surface area (Å²) < 4.78 is 0. The molecule has 6 nitrogen and oxygen atoms in total. The van der Waals surface area contributed by atoms with Crippen molar-refractivity contribution in [3.8, 4) is 44.5 Å². The monoisotopic (exact) mass is 648 g/mol. The minimum Gasteiger partial charge on any atom is -0.277 e. The third-order valence-corrected chi connectivity index (χ3v) is 10.2. The van der Waals surface area contributed by atoms with Crippen LogP contribution in [0.25, 0.3) is 66.1 Å². The molecule has 6 heteroatoms. The Morgan fingerprint density at radius 3 is 0.880 bits per heavy atom. The van der Waals surface area contributed by atoms with E-state index in [0.717, 1.165) is 55.3 Å². The Kier molecular flexibility index (Phi) is 6.45. The summed E-state index contributed by atoms with van der Waals surface area (Å²) in [5.41, 5.74) is 10.5. The van der Waals surface area contributed by atoms with Crippen molar-refractivity contribution in [3.05, 3.63) is 156 Å². The van der Waals surface area contributed by atoms with Gasteiger partial charge in [-0.2, -0.15) is 0 Å². The lowest BCUT2D eigenvalue weighted by molar-refractivity contribution is 0.0635. The Labute approximate surface area is 287 Å². The lowest BCUT2D eigenvalue weighted by Gasteiger charge is -2.24. The third-order valence-electron chi connectivity index (χ3n) is 10.2. The van der Waals surface area contributed by atoms with Gasteiger partial charge in [0.25, 0.3) is 23.6 Å². The van der Waals surface area contributed by atoms with Crippen molar-refractivity contribution in [1.82, 2.24) is 9.80 Å². The van der Waals surface area contributed by atoms with Crippen LogP contribution in [0.1, 0.15) is 41.4 Å². The Morgan fingerprint density at radius 2 is 0.560 bits per heavy atom. The molecule has 4 amide bonds. The molecule has 2 aliphatic heterocycles. The quantitative estimate of drug-likeness (QED) is 0.179. The number of carbonyl (C=O) groups is 4. The van der Waals surface area contributed by atoms with E-state index >= 15 is 0 Å². The molecule has 0 saturated heterocycles. The summed E-state index contributed by atoms with van der Waals surface area (Å²) in [7, 11) is 3.05. The summed E-state index contributed by atoms with van der Waals surface area (Å²) in [6, 6.07) is 44.0. The van der Waals surface area contributed by atoms with E-state index in [0.29, 0.717) is 33.0 Å². The maximum Gasteiger partial charge on any atom is 0.261 e. The molecular weight excluding hydrogens is 620 g/mol. The van der Waals surface area contributed by atoms with E-state index < -0.39 is 0 Å². The Hall–Kier alpha value is -6.66. The van der Waals surface area contributed by atoms with E-state index in [4.69, 9.17) is 0 Å². The number of hydrogen-bond acceptors (Lipinski definition) is 4. The van der Waals surface area contributed by atoms with Gasteiger partial charge in [0, 0.05) is 47.1 Å². The first-order chi connectivity index (χ1) is 24.3. The van der Waals surface area contributed by atoms with Crippen molar-refractivity contribution in [2.24, 2.45) is 0 Å². The van der Waals surface area contributed by atoms with Crippen molar-refractivity contribution in [2.75, 3.05) is 14.1 Å². The topological polar surface area (TPSA) is 74.8 Å². The molecule has 7 aromatic carbocycles. The third kappa shape index (κ3) is 4.28. The molecule has 0 radical (unpaired) electrons. The molecule has 50 heavy (non-hydrogen) atoms. The predicted molar refractivity (Wildman–Crippen MR) is 196 cm³/mol. The van der Waals surface area contributed by atoms with Crippen LogP contribution in [0.4, 0.5) is 0 Å². The molecule has 0 bridgehead atoms. The Morgan fingerprint density at radius 1 is 0.300 bits per heavy atom. The molecule has 2 aliphatic rings. The van der Waals surface area contributed by atoms with Crippen molar-refractivity contribution in [2.45, 2.75) is 0 Å². The van der Waals surface area contributed by atoms with Gasteiger partial charge in [-0.1, -0.05) is 109 Å². The van der Waals surface area contributed by atoms with Gasteiger partial charge in [-0.15, -0.1) is 0 Å². The molecule has 0 atom stereocenters. The fraction of sp³-hybridized carbons (Fsp3) is 0.0455. The maximum atomic E-state index is 12.8. The van der Waals surface area contributed by atoms with Crippen LogP contribution in [-0.2, 0) is 0 Å². The summed E-state index contributed by atoms with van der Waals surface area (Å²) >= 11 is 0. The Balaban J connectivity index is 0.985. The summed E-state index contributed by atoms with van der Waals surface area (Å²) in [6.45, 7) is 0. The first kappa shape index (κ1) is 29.5. The molecule has 0 spiro atoms. The van der Waals surface area contributed by atoms with Gasteiger partial charge >= 0.3 is 0 Å². The van der Waals surface area contributed by atoms with Crippen LogP contribution >= 0.6 is 0 Å². The van der Waals surface area contributed by atoms with Gasteiger partial charge < -0.3 is 0 Å². The smallest absolute Gasteiger partial charge is 0.261 e. The van der Waals surface area contributed by atoms with Crippen LogP contribution < -0.4 is 0 Å². The molecule has 9 rings (SSSR count). The molecule has 0 unspecified atom stereocenters. The second-order valence-electron chi connectivity index (χ2n) is 12.8. The fourth-order valence-corrected chi connectivity index (χ4v) is 7.48. The lowest BCUT2D eigenvalue weighted by atomic mass is 9.88. The SMILES string of the molecule is CN1C(=O)c2cccc3c(-c4ccc(-c5ccc(-c6ccc(-c7ccc8c9c(cccc79)C(=O)N(C)C8=O)cc6)cc5)cc4)ccc(c23)C1=O. The minimum atomic E-state index is -0.279. The molecule has 0 saturated carbocycles. The van der Waals surface area contributed by atoms with E-state index in [1.807, 2.05) is 48.5 Å². The van der Waals surface area contributed by atoms with Crippen LogP contribution in [0, 0.1) is 0 Å². The molecule has 2 heterocycles. The largest absolute Gasteiger partial charge is 0.277 e. The Bertz CT molecular complexity index is 2390. The molecule has 0 fully saturated rings. The molecular formula is C44H28N2O4. The highest BCUT2D eigenvalue weighted by atomic mass is 16.2. The highest BCUT2D eigenvalue weighted by Crippen LogP contribution is 2.39. The van der Waals surface area contributed by atoms with Gasteiger partial charge in [-0.25, -0.2) is 0 Å². The van der Waals surface area contributed by atoms with Crippen LogP contribution in [0.2, 0.25) is 0 Å². The van der Waals surface area contributed by atoms with Gasteiger partial charge in [0.15, 0.2) is 0 Å². The van der Waals surface area contributed by atoms with Gasteiger partial charge in [-0.05, 0) is 79.5 Å². The second kappa shape index (κ2) is 10.9. The average Bonchev–Trinajstić information content (AvgIpc) is 3.17.